The van der Waals surface area contributed by atoms with E-state index in [1.165, 1.54) is 0 Å². The minimum atomic E-state index is -0.770. The van der Waals surface area contributed by atoms with E-state index in [1.54, 1.807) is 7.11 Å². The van der Waals surface area contributed by atoms with E-state index in [-0.39, 0.29) is 18.4 Å². The first-order valence-corrected chi connectivity index (χ1v) is 6.03. The number of aryl methyl sites for hydroxylation is 1. The predicted octanol–water partition coefficient (Wildman–Crippen LogP) is 2.37. The molecule has 0 aliphatic heterocycles. The zero-order chi connectivity index (χ0) is 13.7. The third-order valence-electron chi connectivity index (χ3n) is 3.15. The number of nitrogens with one attached hydrogen (secondary N) is 1. The molecule has 1 rings (SSSR count). The minimum absolute atomic E-state index is 0.0281. The molecule has 0 amide bonds. The van der Waals surface area contributed by atoms with E-state index in [2.05, 4.69) is 5.32 Å². The van der Waals surface area contributed by atoms with Crippen LogP contribution in [0.15, 0.2) is 18.2 Å². The van der Waals surface area contributed by atoms with Crippen molar-refractivity contribution in [3.05, 3.63) is 29.3 Å². The average Bonchev–Trinajstić information content (AvgIpc) is 2.29. The van der Waals surface area contributed by atoms with Gasteiger partial charge in [0.25, 0.3) is 0 Å². The molecule has 0 saturated carbocycles. The summed E-state index contributed by atoms with van der Waals surface area (Å²) in [6.07, 6.45) is 0.149. The third kappa shape index (κ3) is 3.47. The lowest BCUT2D eigenvalue weighted by molar-refractivity contribution is -0.138. The van der Waals surface area contributed by atoms with Crippen molar-refractivity contribution < 1.29 is 14.6 Å². The van der Waals surface area contributed by atoms with E-state index in [0.717, 1.165) is 16.9 Å². The number of hydrogen-bond acceptors (Lipinski definition) is 3. The summed E-state index contributed by atoms with van der Waals surface area (Å²) < 4.78 is 5.22. The van der Waals surface area contributed by atoms with Gasteiger partial charge in [-0.1, -0.05) is 19.1 Å². The molecule has 1 aromatic rings. The second-order valence-corrected chi connectivity index (χ2v) is 4.57. The van der Waals surface area contributed by atoms with Gasteiger partial charge in [-0.15, -0.1) is 0 Å². The molecule has 0 aliphatic rings. The molecule has 100 valence electrons. The van der Waals surface area contributed by atoms with Gasteiger partial charge >= 0.3 is 5.97 Å². The topological polar surface area (TPSA) is 58.6 Å². The molecule has 2 atom stereocenters. The standard InChI is InChI=1S/C14H21NO3/c1-9-7-11(5-6-12(9)18-4)14(15-3)10(2)8-13(16)17/h5-7,10,14-15H,8H2,1-4H3,(H,16,17). The largest absolute Gasteiger partial charge is 0.496 e. The number of carboxylic acids is 1. The molecule has 0 fully saturated rings. The van der Waals surface area contributed by atoms with Crippen LogP contribution < -0.4 is 10.1 Å². The van der Waals surface area contributed by atoms with Gasteiger partial charge < -0.3 is 15.2 Å². The zero-order valence-electron chi connectivity index (χ0n) is 11.4. The van der Waals surface area contributed by atoms with E-state index in [4.69, 9.17) is 9.84 Å². The molecule has 0 aliphatic carbocycles. The molecule has 1 aromatic carbocycles. The SMILES string of the molecule is CNC(c1ccc(OC)c(C)c1)C(C)CC(=O)O. The van der Waals surface area contributed by atoms with Crippen LogP contribution in [-0.2, 0) is 4.79 Å². The van der Waals surface area contributed by atoms with Crippen LogP contribution >= 0.6 is 0 Å². The Morgan fingerprint density at radius 3 is 2.61 bits per heavy atom. The van der Waals surface area contributed by atoms with Crippen molar-refractivity contribution >= 4 is 5.97 Å². The summed E-state index contributed by atoms with van der Waals surface area (Å²) in [6, 6.07) is 5.97. The second-order valence-electron chi connectivity index (χ2n) is 4.57. The number of carboxylic acid groups (broad SMARTS) is 1. The molecule has 4 heteroatoms. The highest BCUT2D eigenvalue weighted by molar-refractivity contribution is 5.67. The summed E-state index contributed by atoms with van der Waals surface area (Å²) >= 11 is 0. The fraction of sp³-hybridized carbons (Fsp3) is 0.500. The van der Waals surface area contributed by atoms with Crippen LogP contribution in [0.5, 0.6) is 5.75 Å². The van der Waals surface area contributed by atoms with E-state index in [0.29, 0.717) is 0 Å². The lowest BCUT2D eigenvalue weighted by atomic mass is 9.91. The summed E-state index contributed by atoms with van der Waals surface area (Å²) in [5, 5.41) is 12.0. The Kier molecular flexibility index (Phi) is 5.16. The zero-order valence-corrected chi connectivity index (χ0v) is 11.4. The Morgan fingerprint density at radius 2 is 2.17 bits per heavy atom. The molecule has 0 radical (unpaired) electrons. The molecule has 4 nitrogen and oxygen atoms in total. The summed E-state index contributed by atoms with van der Waals surface area (Å²) in [6.45, 7) is 3.92. The molecule has 0 saturated heterocycles. The second kappa shape index (κ2) is 6.40. The van der Waals surface area contributed by atoms with Crippen molar-refractivity contribution in [1.29, 1.82) is 0 Å². The number of ether oxygens (including phenoxy) is 1. The Bertz CT molecular complexity index is 418. The first-order chi connectivity index (χ1) is 8.49. The molecule has 2 unspecified atom stereocenters. The molecular weight excluding hydrogens is 230 g/mol. The molecule has 18 heavy (non-hydrogen) atoms. The Labute approximate surface area is 108 Å². The van der Waals surface area contributed by atoms with Gasteiger partial charge in [0.15, 0.2) is 0 Å². The normalized spacial score (nSPS) is 14.0. The van der Waals surface area contributed by atoms with Crippen molar-refractivity contribution in [3.8, 4) is 5.75 Å². The summed E-state index contributed by atoms with van der Waals surface area (Å²) in [4.78, 5) is 10.8. The van der Waals surface area contributed by atoms with Crippen molar-refractivity contribution in [1.82, 2.24) is 5.32 Å². The summed E-state index contributed by atoms with van der Waals surface area (Å²) in [7, 11) is 3.49. The van der Waals surface area contributed by atoms with Crippen LogP contribution in [-0.4, -0.2) is 25.2 Å². The molecule has 0 bridgehead atoms. The van der Waals surface area contributed by atoms with Gasteiger partial charge in [-0.2, -0.15) is 0 Å². The van der Waals surface area contributed by atoms with Crippen LogP contribution in [0.4, 0.5) is 0 Å². The first-order valence-electron chi connectivity index (χ1n) is 6.03. The van der Waals surface area contributed by atoms with Gasteiger partial charge in [-0.05, 0) is 37.1 Å². The summed E-state index contributed by atoms with van der Waals surface area (Å²) in [5.74, 6) is 0.104. The van der Waals surface area contributed by atoms with Gasteiger partial charge in [0, 0.05) is 12.5 Å². The number of methoxy groups -OCH3 is 1. The van der Waals surface area contributed by atoms with Crippen LogP contribution in [0.2, 0.25) is 0 Å². The van der Waals surface area contributed by atoms with E-state index < -0.39 is 5.97 Å². The number of aliphatic carboxylic acids is 1. The quantitative estimate of drug-likeness (QED) is 0.815. The predicted molar refractivity (Wildman–Crippen MR) is 70.9 cm³/mol. The number of benzene rings is 1. The van der Waals surface area contributed by atoms with E-state index in [1.807, 2.05) is 39.1 Å². The van der Waals surface area contributed by atoms with Crippen LogP contribution in [0.1, 0.15) is 30.5 Å². The fourth-order valence-electron chi connectivity index (χ4n) is 2.27. The Balaban J connectivity index is 2.94. The number of hydrogen-bond donors (Lipinski definition) is 2. The average molecular weight is 251 g/mol. The number of rotatable bonds is 6. The summed E-state index contributed by atoms with van der Waals surface area (Å²) in [5.41, 5.74) is 2.14. The van der Waals surface area contributed by atoms with Crippen LogP contribution in [0, 0.1) is 12.8 Å². The molecule has 0 heterocycles. The smallest absolute Gasteiger partial charge is 0.303 e. The molecular formula is C14H21NO3. The molecule has 0 aromatic heterocycles. The maximum Gasteiger partial charge on any atom is 0.303 e. The van der Waals surface area contributed by atoms with Crippen LogP contribution in [0.25, 0.3) is 0 Å². The molecule has 2 N–H and O–H groups in total. The highest BCUT2D eigenvalue weighted by Crippen LogP contribution is 2.28. The van der Waals surface area contributed by atoms with Crippen LogP contribution in [0.3, 0.4) is 0 Å². The van der Waals surface area contributed by atoms with E-state index in [9.17, 15) is 4.79 Å². The highest BCUT2D eigenvalue weighted by atomic mass is 16.5. The molecule has 0 spiro atoms. The lowest BCUT2D eigenvalue weighted by Gasteiger charge is -2.23. The van der Waals surface area contributed by atoms with Gasteiger partial charge in [-0.3, -0.25) is 4.79 Å². The lowest BCUT2D eigenvalue weighted by Crippen LogP contribution is -2.25. The van der Waals surface area contributed by atoms with E-state index >= 15 is 0 Å². The minimum Gasteiger partial charge on any atom is -0.496 e. The first kappa shape index (κ1) is 14.5. The van der Waals surface area contributed by atoms with Gasteiger partial charge in [0.2, 0.25) is 0 Å². The highest BCUT2D eigenvalue weighted by Gasteiger charge is 2.20. The maximum absolute atomic E-state index is 10.8. The van der Waals surface area contributed by atoms with Crippen molar-refractivity contribution in [2.24, 2.45) is 5.92 Å². The van der Waals surface area contributed by atoms with Gasteiger partial charge in [0.05, 0.1) is 7.11 Å². The fourth-order valence-corrected chi connectivity index (χ4v) is 2.27. The van der Waals surface area contributed by atoms with Crippen molar-refractivity contribution in [3.63, 3.8) is 0 Å². The van der Waals surface area contributed by atoms with Crippen molar-refractivity contribution in [2.45, 2.75) is 26.3 Å². The third-order valence-corrected chi connectivity index (χ3v) is 3.15. The maximum atomic E-state index is 10.8. The Hall–Kier alpha value is -1.55. The van der Waals surface area contributed by atoms with Gasteiger partial charge in [-0.25, -0.2) is 0 Å². The van der Waals surface area contributed by atoms with Crippen molar-refractivity contribution in [2.75, 3.05) is 14.2 Å². The van der Waals surface area contributed by atoms with Gasteiger partial charge in [0.1, 0.15) is 5.75 Å². The Morgan fingerprint density at radius 1 is 1.50 bits per heavy atom. The monoisotopic (exact) mass is 251 g/mol. The number of carbonyl (C=O) groups is 1.